The van der Waals surface area contributed by atoms with Crippen LogP contribution in [-0.4, -0.2) is 66.5 Å². The number of anilines is 1. The topological polar surface area (TPSA) is 169 Å². The number of amides is 1. The average molecular weight is 807 g/mol. The number of nitro groups is 1. The van der Waals surface area contributed by atoms with Crippen LogP contribution >= 0.6 is 0 Å². The van der Waals surface area contributed by atoms with Gasteiger partial charge in [-0.25, -0.2) is 18.1 Å². The number of nitro benzene ring substituents is 1. The first-order valence-electron chi connectivity index (χ1n) is 20.4. The average Bonchev–Trinajstić information content (AvgIpc) is 3.93. The van der Waals surface area contributed by atoms with Crippen LogP contribution in [-0.2, 0) is 21.2 Å². The Kier molecular flexibility index (Phi) is 11.8. The summed E-state index contributed by atoms with van der Waals surface area (Å²) in [6.45, 7) is 5.09. The van der Waals surface area contributed by atoms with Crippen molar-refractivity contribution in [2.45, 2.75) is 87.6 Å². The monoisotopic (exact) mass is 806 g/mol. The molecule has 8 rings (SSSR count). The zero-order chi connectivity index (χ0) is 40.2. The third-order valence-electron chi connectivity index (χ3n) is 12.2. The molecule has 1 saturated carbocycles. The molecule has 4 heterocycles. The maximum absolute atomic E-state index is 13.9. The summed E-state index contributed by atoms with van der Waals surface area (Å²) in [5.41, 5.74) is 4.39. The summed E-state index contributed by atoms with van der Waals surface area (Å²) in [6.07, 6.45) is 12.4. The fourth-order valence-corrected chi connectivity index (χ4v) is 10.1. The second-order valence-electron chi connectivity index (χ2n) is 15.7. The van der Waals surface area contributed by atoms with E-state index in [4.69, 9.17) is 9.47 Å². The Balaban J connectivity index is 1.01. The number of hydrogen-bond acceptors (Lipinski definition) is 10. The normalized spacial score (nSPS) is 20.5. The molecule has 0 spiro atoms. The minimum Gasteiger partial charge on any atom is -0.455 e. The molecule has 5 aromatic rings. The molecular formula is C44H50N6O7S. The van der Waals surface area contributed by atoms with Crippen molar-refractivity contribution >= 4 is 38.3 Å². The van der Waals surface area contributed by atoms with Gasteiger partial charge in [-0.2, -0.15) is 0 Å². The largest absolute Gasteiger partial charge is 0.455 e. The maximum Gasteiger partial charge on any atom is 0.293 e. The predicted molar refractivity (Wildman–Crippen MR) is 222 cm³/mol. The van der Waals surface area contributed by atoms with E-state index in [1.807, 2.05) is 18.2 Å². The van der Waals surface area contributed by atoms with Gasteiger partial charge < -0.3 is 19.8 Å². The Morgan fingerprint density at radius 1 is 1.00 bits per heavy atom. The van der Waals surface area contributed by atoms with Crippen molar-refractivity contribution in [3.63, 3.8) is 0 Å². The summed E-state index contributed by atoms with van der Waals surface area (Å²) in [5.74, 6) is 0.173. The van der Waals surface area contributed by atoms with Gasteiger partial charge in [0.25, 0.3) is 21.6 Å². The SMILES string of the molecule is CCc1ccccc1[C@@H]1CCCN1C1CCC(c2ccc(C(=O)NS(=O)(=O)c3ccc(NCC4CCOCC4)c([N+](=O)[O-])c3)c(Oc3cnc4[nH]ccc4c3)c2)CC1. The molecule has 1 amide bonds. The number of benzene rings is 3. The number of sulfonamides is 1. The molecule has 3 aromatic carbocycles. The molecule has 0 radical (unpaired) electrons. The second-order valence-corrected chi connectivity index (χ2v) is 17.4. The number of likely N-dealkylation sites (tertiary alicyclic amines) is 1. The molecule has 14 heteroatoms. The summed E-state index contributed by atoms with van der Waals surface area (Å²) in [4.78, 5) is 35.1. The van der Waals surface area contributed by atoms with Crippen LogP contribution < -0.4 is 14.8 Å². The van der Waals surface area contributed by atoms with Crippen molar-refractivity contribution in [2.24, 2.45) is 5.92 Å². The number of aryl methyl sites for hydroxylation is 1. The van der Waals surface area contributed by atoms with Gasteiger partial charge in [0.1, 0.15) is 22.8 Å². The van der Waals surface area contributed by atoms with Crippen LogP contribution in [0.25, 0.3) is 11.0 Å². The van der Waals surface area contributed by atoms with Gasteiger partial charge in [0.05, 0.1) is 21.6 Å². The highest BCUT2D eigenvalue weighted by molar-refractivity contribution is 7.90. The molecule has 3 N–H and O–H groups in total. The molecule has 1 aliphatic carbocycles. The first kappa shape index (κ1) is 39.5. The molecule has 0 bridgehead atoms. The zero-order valence-corrected chi connectivity index (χ0v) is 33.5. The highest BCUT2D eigenvalue weighted by atomic mass is 32.2. The van der Waals surface area contributed by atoms with Gasteiger partial charge in [0.2, 0.25) is 0 Å². The number of fused-ring (bicyclic) bond motifs is 1. The van der Waals surface area contributed by atoms with Crippen LogP contribution in [0.3, 0.4) is 0 Å². The van der Waals surface area contributed by atoms with Crippen LogP contribution in [0.5, 0.6) is 11.5 Å². The van der Waals surface area contributed by atoms with Crippen LogP contribution in [0.15, 0.2) is 90.1 Å². The van der Waals surface area contributed by atoms with Crippen molar-refractivity contribution in [2.75, 3.05) is 31.6 Å². The van der Waals surface area contributed by atoms with E-state index < -0.39 is 31.4 Å². The van der Waals surface area contributed by atoms with Gasteiger partial charge in [0.15, 0.2) is 0 Å². The number of rotatable bonds is 13. The summed E-state index contributed by atoms with van der Waals surface area (Å²) >= 11 is 0. The number of H-pyrrole nitrogens is 1. The molecule has 2 aromatic heterocycles. The molecule has 1 atom stereocenters. The Morgan fingerprint density at radius 3 is 2.60 bits per heavy atom. The first-order chi connectivity index (χ1) is 28.2. The fraction of sp³-hybridized carbons (Fsp3) is 0.409. The number of pyridine rings is 1. The second kappa shape index (κ2) is 17.3. The summed E-state index contributed by atoms with van der Waals surface area (Å²) in [7, 11) is -4.53. The Hall–Kier alpha value is -5.31. The van der Waals surface area contributed by atoms with Crippen molar-refractivity contribution in [3.8, 4) is 11.5 Å². The van der Waals surface area contributed by atoms with Crippen molar-refractivity contribution in [1.82, 2.24) is 19.6 Å². The molecule has 304 valence electrons. The minimum atomic E-state index is -4.53. The summed E-state index contributed by atoms with van der Waals surface area (Å²) < 4.78 is 41.2. The lowest BCUT2D eigenvalue weighted by Gasteiger charge is -2.39. The molecule has 3 fully saturated rings. The number of carbonyl (C=O) groups excluding carboxylic acids is 1. The highest BCUT2D eigenvalue weighted by Crippen LogP contribution is 2.43. The van der Waals surface area contributed by atoms with Crippen LogP contribution in [0.4, 0.5) is 11.4 Å². The third kappa shape index (κ3) is 8.59. The molecule has 2 aliphatic heterocycles. The molecular weight excluding hydrogens is 757 g/mol. The van der Waals surface area contributed by atoms with Crippen LogP contribution in [0.1, 0.15) is 97.3 Å². The molecule has 58 heavy (non-hydrogen) atoms. The lowest BCUT2D eigenvalue weighted by Crippen LogP contribution is -2.37. The van der Waals surface area contributed by atoms with Gasteiger partial charge in [0, 0.05) is 49.5 Å². The van der Waals surface area contributed by atoms with E-state index in [0.29, 0.717) is 43.2 Å². The van der Waals surface area contributed by atoms with E-state index in [1.54, 1.807) is 24.5 Å². The lowest BCUT2D eigenvalue weighted by molar-refractivity contribution is -0.384. The zero-order valence-electron chi connectivity index (χ0n) is 32.7. The maximum atomic E-state index is 13.9. The van der Waals surface area contributed by atoms with Crippen LogP contribution in [0, 0.1) is 16.0 Å². The standard InChI is InChI=1S/C44H50N6O7S/c1-2-30-6-3-4-7-37(30)40-8-5-21-49(40)34-12-9-31(10-13-34)32-11-15-38(42(25-32)57-35-24-33-17-20-45-43(33)47-28-35)44(51)48-58(54,55)36-14-16-39(41(26-36)50(52)53)46-27-29-18-22-56-23-19-29/h3-4,6-7,11,14-17,20,24-26,28-29,31,34,40,46H,2,5,8-10,12-13,18-19,21-23,27H2,1H3,(H,45,47)(H,48,51)/t31?,34?,40-/m0/s1. The first-order valence-corrected chi connectivity index (χ1v) is 21.9. The Morgan fingerprint density at radius 2 is 1.81 bits per heavy atom. The van der Waals surface area contributed by atoms with Crippen LogP contribution in [0.2, 0.25) is 0 Å². The van der Waals surface area contributed by atoms with Gasteiger partial charge in [-0.15, -0.1) is 0 Å². The van der Waals surface area contributed by atoms with Crippen molar-refractivity contribution in [1.29, 1.82) is 0 Å². The molecule has 3 aliphatic rings. The smallest absolute Gasteiger partial charge is 0.293 e. The van der Waals surface area contributed by atoms with Gasteiger partial charge in [-0.3, -0.25) is 19.8 Å². The number of hydrogen-bond donors (Lipinski definition) is 3. The van der Waals surface area contributed by atoms with Gasteiger partial charge in [-0.05, 0) is 129 Å². The number of ether oxygens (including phenoxy) is 2. The number of nitrogens with one attached hydrogen (secondary N) is 3. The van der Waals surface area contributed by atoms with E-state index >= 15 is 0 Å². The van der Waals surface area contributed by atoms with E-state index in [0.717, 1.165) is 68.5 Å². The van der Waals surface area contributed by atoms with E-state index in [1.165, 1.54) is 36.1 Å². The highest BCUT2D eigenvalue weighted by Gasteiger charge is 2.35. The summed E-state index contributed by atoms with van der Waals surface area (Å²) in [5, 5.41) is 16.0. The minimum absolute atomic E-state index is 0.00826. The predicted octanol–water partition coefficient (Wildman–Crippen LogP) is 8.65. The number of aromatic nitrogens is 2. The van der Waals surface area contributed by atoms with E-state index in [9.17, 15) is 23.3 Å². The van der Waals surface area contributed by atoms with Gasteiger partial charge in [-0.1, -0.05) is 37.3 Å². The molecule has 13 nitrogen and oxygen atoms in total. The van der Waals surface area contributed by atoms with E-state index in [2.05, 4.69) is 56.1 Å². The van der Waals surface area contributed by atoms with Crippen molar-refractivity contribution in [3.05, 3.63) is 118 Å². The third-order valence-corrected chi connectivity index (χ3v) is 13.5. The Labute approximate surface area is 338 Å². The quantitative estimate of drug-likeness (QED) is 0.0774. The molecule has 2 saturated heterocycles. The fourth-order valence-electron chi connectivity index (χ4n) is 9.07. The van der Waals surface area contributed by atoms with E-state index in [-0.39, 0.29) is 28.8 Å². The summed E-state index contributed by atoms with van der Waals surface area (Å²) in [6, 6.07) is 22.4. The van der Waals surface area contributed by atoms with Gasteiger partial charge >= 0.3 is 0 Å². The number of aromatic amines is 1. The molecule has 0 unspecified atom stereocenters. The number of carbonyl (C=O) groups is 1. The van der Waals surface area contributed by atoms with Crippen molar-refractivity contribution < 1.29 is 27.6 Å². The Bertz CT molecular complexity index is 2390. The number of nitrogens with zero attached hydrogens (tertiary/aromatic N) is 3. The lowest BCUT2D eigenvalue weighted by atomic mass is 9.80.